The third-order valence-electron chi connectivity index (χ3n) is 7.23. The van der Waals surface area contributed by atoms with E-state index in [4.69, 9.17) is 15.2 Å². The zero-order chi connectivity index (χ0) is 32.2. The lowest BCUT2D eigenvalue weighted by Gasteiger charge is -2.21. The Balaban J connectivity index is 1.43. The standard InChI is InChI=1S/C36H38N4O5/c1-25-9-7-8-12-33(25)26(2)24-44-36(43)39-31-15-16-34(45-32-10-5-4-6-11-32)28(19-31)22-40(3)35(42)21-38-30-14-13-27(17-18-37)29(20-30)23-41/h4-20,23,26,38H,21-22,24,37H2,1-3H3,(H,39,43)/b18-17-/t26-/m0/s1. The fraction of sp³-hybridized carbons (Fsp3) is 0.194. The van der Waals surface area contributed by atoms with E-state index in [1.807, 2.05) is 68.4 Å². The van der Waals surface area contributed by atoms with Crippen molar-refractivity contribution in [2.24, 2.45) is 5.73 Å². The SMILES string of the molecule is Cc1ccccc1[C@@H](C)COC(=O)Nc1ccc(Oc2ccccc2)c(CN(C)C(=O)CNc2ccc(/C=C\N)c(C=O)c2)c1. The zero-order valence-corrected chi connectivity index (χ0v) is 25.7. The molecule has 0 aromatic heterocycles. The summed E-state index contributed by atoms with van der Waals surface area (Å²) in [4.78, 5) is 38.8. The summed E-state index contributed by atoms with van der Waals surface area (Å²) in [5.41, 5.74) is 10.7. The van der Waals surface area contributed by atoms with E-state index in [0.717, 1.165) is 17.4 Å². The van der Waals surface area contributed by atoms with Gasteiger partial charge in [-0.15, -0.1) is 0 Å². The van der Waals surface area contributed by atoms with Crippen LogP contribution in [0.3, 0.4) is 0 Å². The second kappa shape index (κ2) is 15.8. The maximum Gasteiger partial charge on any atom is 0.411 e. The Bertz CT molecular complexity index is 1650. The maximum absolute atomic E-state index is 13.1. The summed E-state index contributed by atoms with van der Waals surface area (Å²) in [6, 6.07) is 27.8. The fourth-order valence-electron chi connectivity index (χ4n) is 4.78. The quantitative estimate of drug-likeness (QED) is 0.141. The minimum Gasteiger partial charge on any atom is -0.457 e. The number of anilines is 2. The van der Waals surface area contributed by atoms with Gasteiger partial charge in [0.15, 0.2) is 6.29 Å². The number of nitrogens with one attached hydrogen (secondary N) is 2. The fourth-order valence-corrected chi connectivity index (χ4v) is 4.78. The lowest BCUT2D eigenvalue weighted by atomic mass is 9.97. The molecular weight excluding hydrogens is 568 g/mol. The summed E-state index contributed by atoms with van der Waals surface area (Å²) in [6.45, 7) is 4.48. The predicted molar refractivity (Wildman–Crippen MR) is 178 cm³/mol. The lowest BCUT2D eigenvalue weighted by molar-refractivity contribution is -0.128. The first-order valence-corrected chi connectivity index (χ1v) is 14.6. The van der Waals surface area contributed by atoms with Gasteiger partial charge in [0, 0.05) is 42.0 Å². The second-order valence-electron chi connectivity index (χ2n) is 10.6. The van der Waals surface area contributed by atoms with E-state index >= 15 is 0 Å². The molecule has 0 saturated heterocycles. The Hall–Kier alpha value is -5.57. The molecule has 0 saturated carbocycles. The van der Waals surface area contributed by atoms with Crippen LogP contribution in [0, 0.1) is 6.92 Å². The Morgan fingerprint density at radius 2 is 1.67 bits per heavy atom. The van der Waals surface area contributed by atoms with Gasteiger partial charge >= 0.3 is 6.09 Å². The molecule has 4 aromatic carbocycles. The number of nitrogens with zero attached hydrogens (tertiary/aromatic N) is 1. The molecule has 2 amide bonds. The van der Waals surface area contributed by atoms with Gasteiger partial charge in [0.1, 0.15) is 11.5 Å². The average molecular weight is 607 g/mol. The Morgan fingerprint density at radius 1 is 0.933 bits per heavy atom. The van der Waals surface area contributed by atoms with E-state index < -0.39 is 6.09 Å². The molecule has 9 nitrogen and oxygen atoms in total. The Labute approximate surface area is 263 Å². The monoisotopic (exact) mass is 606 g/mol. The molecule has 45 heavy (non-hydrogen) atoms. The summed E-state index contributed by atoms with van der Waals surface area (Å²) < 4.78 is 11.7. The van der Waals surface area contributed by atoms with Crippen molar-refractivity contribution in [1.29, 1.82) is 0 Å². The minimum absolute atomic E-state index is 0.000905. The van der Waals surface area contributed by atoms with E-state index in [1.54, 1.807) is 54.4 Å². The summed E-state index contributed by atoms with van der Waals surface area (Å²) in [6.07, 6.45) is 3.17. The van der Waals surface area contributed by atoms with Crippen molar-refractivity contribution in [2.75, 3.05) is 30.8 Å². The van der Waals surface area contributed by atoms with E-state index in [-0.39, 0.29) is 31.5 Å². The van der Waals surface area contributed by atoms with Crippen LogP contribution in [0.1, 0.15) is 45.5 Å². The van der Waals surface area contributed by atoms with Gasteiger partial charge < -0.3 is 25.4 Å². The molecule has 4 N–H and O–H groups in total. The predicted octanol–water partition coefficient (Wildman–Crippen LogP) is 6.95. The van der Waals surface area contributed by atoms with E-state index in [1.165, 1.54) is 6.20 Å². The highest BCUT2D eigenvalue weighted by Crippen LogP contribution is 2.29. The van der Waals surface area contributed by atoms with Crippen LogP contribution in [0.2, 0.25) is 0 Å². The van der Waals surface area contributed by atoms with E-state index in [0.29, 0.717) is 39.6 Å². The molecule has 0 spiro atoms. The van der Waals surface area contributed by atoms with Gasteiger partial charge in [0.05, 0.1) is 13.2 Å². The number of aryl methyl sites for hydroxylation is 1. The first-order valence-electron chi connectivity index (χ1n) is 14.6. The highest BCUT2D eigenvalue weighted by atomic mass is 16.5. The number of likely N-dealkylation sites (N-methyl/N-ethyl adjacent to an activating group) is 1. The summed E-state index contributed by atoms with van der Waals surface area (Å²) in [5.74, 6) is 1.02. The van der Waals surface area contributed by atoms with Crippen LogP contribution < -0.4 is 21.1 Å². The molecule has 0 bridgehead atoms. The molecule has 1 atom stereocenters. The van der Waals surface area contributed by atoms with Gasteiger partial charge in [0.25, 0.3) is 0 Å². The number of carbonyl (C=O) groups is 3. The highest BCUT2D eigenvalue weighted by molar-refractivity contribution is 5.86. The molecule has 0 unspecified atom stereocenters. The molecule has 0 aliphatic rings. The summed E-state index contributed by atoms with van der Waals surface area (Å²) in [5, 5.41) is 5.87. The van der Waals surface area contributed by atoms with E-state index in [9.17, 15) is 14.4 Å². The molecule has 0 heterocycles. The number of ether oxygens (including phenoxy) is 2. The molecule has 9 heteroatoms. The van der Waals surface area contributed by atoms with E-state index in [2.05, 4.69) is 10.6 Å². The van der Waals surface area contributed by atoms with Gasteiger partial charge in [-0.3, -0.25) is 14.9 Å². The number of nitrogens with two attached hydrogens (primary N) is 1. The van der Waals surface area contributed by atoms with Gasteiger partial charge in [-0.25, -0.2) is 4.79 Å². The van der Waals surface area contributed by atoms with Crippen LogP contribution in [0.5, 0.6) is 11.5 Å². The number of hydrogen-bond acceptors (Lipinski definition) is 7. The van der Waals surface area contributed by atoms with Crippen molar-refractivity contribution >= 4 is 35.7 Å². The third kappa shape index (κ3) is 9.21. The molecule has 0 fully saturated rings. The number of amides is 2. The van der Waals surface area contributed by atoms with Crippen LogP contribution in [-0.4, -0.2) is 43.4 Å². The van der Waals surface area contributed by atoms with Crippen LogP contribution in [0.15, 0.2) is 97.2 Å². The van der Waals surface area contributed by atoms with Crippen molar-refractivity contribution in [3.05, 3.63) is 125 Å². The lowest BCUT2D eigenvalue weighted by Crippen LogP contribution is -2.32. The Kier molecular flexibility index (Phi) is 11.3. The normalized spacial score (nSPS) is 11.4. The molecule has 0 radical (unpaired) electrons. The smallest absolute Gasteiger partial charge is 0.411 e. The third-order valence-corrected chi connectivity index (χ3v) is 7.23. The van der Waals surface area contributed by atoms with Crippen molar-refractivity contribution in [1.82, 2.24) is 4.90 Å². The number of hydrogen-bond donors (Lipinski definition) is 3. The van der Waals surface area contributed by atoms with Gasteiger partial charge in [-0.05, 0) is 78.4 Å². The number of benzene rings is 4. The average Bonchev–Trinajstić information content (AvgIpc) is 3.05. The zero-order valence-electron chi connectivity index (χ0n) is 25.7. The molecule has 232 valence electrons. The topological polar surface area (TPSA) is 123 Å². The molecule has 4 rings (SSSR count). The number of para-hydroxylation sites is 1. The molecular formula is C36H38N4O5. The van der Waals surface area contributed by atoms with Crippen molar-refractivity contribution in [3.8, 4) is 11.5 Å². The molecule has 0 aliphatic carbocycles. The number of rotatable bonds is 13. The minimum atomic E-state index is -0.575. The Morgan fingerprint density at radius 3 is 2.40 bits per heavy atom. The van der Waals surface area contributed by atoms with Crippen molar-refractivity contribution in [2.45, 2.75) is 26.3 Å². The summed E-state index contributed by atoms with van der Waals surface area (Å²) in [7, 11) is 1.68. The van der Waals surface area contributed by atoms with Crippen molar-refractivity contribution in [3.63, 3.8) is 0 Å². The number of carbonyl (C=O) groups excluding carboxylic acids is 3. The van der Waals surface area contributed by atoms with Crippen molar-refractivity contribution < 1.29 is 23.9 Å². The van der Waals surface area contributed by atoms with Gasteiger partial charge in [-0.1, -0.05) is 55.5 Å². The molecule has 0 aliphatic heterocycles. The van der Waals surface area contributed by atoms with Crippen LogP contribution in [-0.2, 0) is 16.1 Å². The highest BCUT2D eigenvalue weighted by Gasteiger charge is 2.16. The van der Waals surface area contributed by atoms with Crippen LogP contribution in [0.4, 0.5) is 16.2 Å². The van der Waals surface area contributed by atoms with Gasteiger partial charge in [-0.2, -0.15) is 0 Å². The van der Waals surface area contributed by atoms with Gasteiger partial charge in [0.2, 0.25) is 5.91 Å². The van der Waals surface area contributed by atoms with Crippen LogP contribution in [0.25, 0.3) is 6.08 Å². The maximum atomic E-state index is 13.1. The first kappa shape index (κ1) is 32.3. The second-order valence-corrected chi connectivity index (χ2v) is 10.6. The number of aldehydes is 1. The van der Waals surface area contributed by atoms with Crippen LogP contribution >= 0.6 is 0 Å². The molecule has 4 aromatic rings. The summed E-state index contributed by atoms with van der Waals surface area (Å²) >= 11 is 0. The first-order chi connectivity index (χ1) is 21.8. The largest absolute Gasteiger partial charge is 0.457 e.